The van der Waals surface area contributed by atoms with E-state index < -0.39 is 17.7 Å². The Kier molecular flexibility index (Phi) is 4.73. The summed E-state index contributed by atoms with van der Waals surface area (Å²) in [5.41, 5.74) is 0.437. The first-order valence-corrected chi connectivity index (χ1v) is 6.76. The Bertz CT molecular complexity index is 617. The average Bonchev–Trinajstić information content (AvgIpc) is 2.42. The van der Waals surface area contributed by atoms with Crippen molar-refractivity contribution in [2.75, 3.05) is 7.11 Å². The van der Waals surface area contributed by atoms with Gasteiger partial charge in [0.1, 0.15) is 17.4 Å². The zero-order valence-electron chi connectivity index (χ0n) is 10.7. The van der Waals surface area contributed by atoms with Crippen molar-refractivity contribution in [2.45, 2.75) is 12.5 Å². The molecule has 0 heterocycles. The predicted octanol–water partition coefficient (Wildman–Crippen LogP) is 4.01. The maximum absolute atomic E-state index is 13.8. The molecule has 0 fully saturated rings. The number of benzene rings is 2. The Balaban J connectivity index is 2.23. The number of halogens is 3. The summed E-state index contributed by atoms with van der Waals surface area (Å²) in [4.78, 5) is 0. The van der Waals surface area contributed by atoms with E-state index in [4.69, 9.17) is 4.74 Å². The Morgan fingerprint density at radius 3 is 2.55 bits per heavy atom. The summed E-state index contributed by atoms with van der Waals surface area (Å²) in [6.07, 6.45) is -1.13. The molecule has 0 saturated carbocycles. The summed E-state index contributed by atoms with van der Waals surface area (Å²) >= 11 is 3.24. The van der Waals surface area contributed by atoms with Gasteiger partial charge in [-0.15, -0.1) is 0 Å². The van der Waals surface area contributed by atoms with Crippen LogP contribution in [-0.4, -0.2) is 12.2 Å². The fourth-order valence-electron chi connectivity index (χ4n) is 1.92. The van der Waals surface area contributed by atoms with Gasteiger partial charge in [-0.3, -0.25) is 0 Å². The molecule has 0 aromatic heterocycles. The van der Waals surface area contributed by atoms with Crippen LogP contribution < -0.4 is 4.74 Å². The van der Waals surface area contributed by atoms with E-state index in [0.29, 0.717) is 15.8 Å². The zero-order chi connectivity index (χ0) is 14.7. The molecular weight excluding hydrogens is 330 g/mol. The van der Waals surface area contributed by atoms with Crippen molar-refractivity contribution in [2.24, 2.45) is 0 Å². The highest BCUT2D eigenvalue weighted by Crippen LogP contribution is 2.26. The lowest BCUT2D eigenvalue weighted by Gasteiger charge is -2.13. The van der Waals surface area contributed by atoms with Crippen LogP contribution in [0.3, 0.4) is 0 Å². The van der Waals surface area contributed by atoms with Crippen molar-refractivity contribution in [1.29, 1.82) is 0 Å². The third-order valence-corrected chi connectivity index (χ3v) is 3.48. The molecular formula is C15H13BrF2O2. The van der Waals surface area contributed by atoms with Gasteiger partial charge in [-0.05, 0) is 35.9 Å². The molecule has 2 nitrogen and oxygen atoms in total. The van der Waals surface area contributed by atoms with E-state index in [1.165, 1.54) is 25.3 Å². The minimum absolute atomic E-state index is 0.00543. The van der Waals surface area contributed by atoms with Crippen LogP contribution >= 0.6 is 15.9 Å². The van der Waals surface area contributed by atoms with Gasteiger partial charge in [0, 0.05) is 22.5 Å². The quantitative estimate of drug-likeness (QED) is 0.909. The summed E-state index contributed by atoms with van der Waals surface area (Å²) in [6.45, 7) is 0. The molecule has 2 rings (SSSR count). The van der Waals surface area contributed by atoms with Crippen LogP contribution in [0.15, 0.2) is 40.9 Å². The van der Waals surface area contributed by atoms with E-state index in [2.05, 4.69) is 15.9 Å². The highest BCUT2D eigenvalue weighted by Gasteiger charge is 2.16. The number of hydrogen-bond donors (Lipinski definition) is 1. The lowest BCUT2D eigenvalue weighted by Crippen LogP contribution is -2.06. The minimum atomic E-state index is -1.12. The van der Waals surface area contributed by atoms with Gasteiger partial charge < -0.3 is 9.84 Å². The van der Waals surface area contributed by atoms with Crippen molar-refractivity contribution in [3.05, 3.63) is 63.6 Å². The molecule has 1 unspecified atom stereocenters. The third-order valence-electron chi connectivity index (χ3n) is 2.99. The predicted molar refractivity (Wildman–Crippen MR) is 75.7 cm³/mol. The minimum Gasteiger partial charge on any atom is -0.497 e. The maximum Gasteiger partial charge on any atom is 0.132 e. The molecule has 20 heavy (non-hydrogen) atoms. The number of methoxy groups -OCH3 is 1. The van der Waals surface area contributed by atoms with Gasteiger partial charge in [0.2, 0.25) is 0 Å². The van der Waals surface area contributed by atoms with Crippen molar-refractivity contribution < 1.29 is 18.6 Å². The molecule has 0 radical (unpaired) electrons. The summed E-state index contributed by atoms with van der Waals surface area (Å²) in [5.74, 6) is -0.638. The highest BCUT2D eigenvalue weighted by molar-refractivity contribution is 9.10. The van der Waals surface area contributed by atoms with Crippen LogP contribution in [0.2, 0.25) is 0 Å². The topological polar surface area (TPSA) is 29.5 Å². The summed E-state index contributed by atoms with van der Waals surface area (Å²) in [5, 5.41) is 10.1. The fraction of sp³-hybridized carbons (Fsp3) is 0.200. The highest BCUT2D eigenvalue weighted by atomic mass is 79.9. The largest absolute Gasteiger partial charge is 0.497 e. The molecule has 1 atom stereocenters. The van der Waals surface area contributed by atoms with E-state index in [0.717, 1.165) is 0 Å². The Labute approximate surface area is 124 Å². The van der Waals surface area contributed by atoms with Crippen LogP contribution in [0.1, 0.15) is 17.2 Å². The molecule has 0 aliphatic carbocycles. The first-order valence-electron chi connectivity index (χ1n) is 5.96. The second-order valence-electron chi connectivity index (χ2n) is 4.34. The van der Waals surface area contributed by atoms with Crippen molar-refractivity contribution in [3.8, 4) is 5.75 Å². The van der Waals surface area contributed by atoms with E-state index in [-0.39, 0.29) is 12.0 Å². The van der Waals surface area contributed by atoms with Gasteiger partial charge in [0.25, 0.3) is 0 Å². The number of aliphatic hydroxyl groups is 1. The van der Waals surface area contributed by atoms with Crippen LogP contribution in [0.25, 0.3) is 0 Å². The van der Waals surface area contributed by atoms with Crippen molar-refractivity contribution >= 4 is 15.9 Å². The SMILES string of the molecule is COc1ccc(C(O)Cc2cc(Br)ccc2F)c(F)c1. The van der Waals surface area contributed by atoms with Crippen molar-refractivity contribution in [1.82, 2.24) is 0 Å². The monoisotopic (exact) mass is 342 g/mol. The van der Waals surface area contributed by atoms with Gasteiger partial charge in [-0.2, -0.15) is 0 Å². The molecule has 0 aliphatic heterocycles. The molecule has 106 valence electrons. The van der Waals surface area contributed by atoms with Gasteiger partial charge in [-0.25, -0.2) is 8.78 Å². The maximum atomic E-state index is 13.8. The van der Waals surface area contributed by atoms with Crippen LogP contribution in [-0.2, 0) is 6.42 Å². The van der Waals surface area contributed by atoms with Crippen LogP contribution in [0.5, 0.6) is 5.75 Å². The number of rotatable bonds is 4. The first-order chi connectivity index (χ1) is 9.51. The molecule has 0 amide bonds. The number of aliphatic hydroxyl groups excluding tert-OH is 1. The average molecular weight is 343 g/mol. The van der Waals surface area contributed by atoms with Crippen molar-refractivity contribution in [3.63, 3.8) is 0 Å². The third kappa shape index (κ3) is 3.35. The lowest BCUT2D eigenvalue weighted by atomic mass is 10.0. The summed E-state index contributed by atoms with van der Waals surface area (Å²) in [7, 11) is 1.43. The summed E-state index contributed by atoms with van der Waals surface area (Å²) < 4.78 is 33.0. The van der Waals surface area contributed by atoms with Gasteiger partial charge in [0.15, 0.2) is 0 Å². The second-order valence-corrected chi connectivity index (χ2v) is 5.26. The standard InChI is InChI=1S/C15H13BrF2O2/c1-20-11-3-4-12(14(18)8-11)15(19)7-9-6-10(16)2-5-13(9)17/h2-6,8,15,19H,7H2,1H3. The van der Waals surface area contributed by atoms with Gasteiger partial charge in [-0.1, -0.05) is 15.9 Å². The van der Waals surface area contributed by atoms with E-state index >= 15 is 0 Å². The Morgan fingerprint density at radius 2 is 1.90 bits per heavy atom. The molecule has 5 heteroatoms. The molecule has 1 N–H and O–H groups in total. The second kappa shape index (κ2) is 6.33. The molecule has 0 saturated heterocycles. The molecule has 2 aromatic rings. The van der Waals surface area contributed by atoms with E-state index in [1.807, 2.05) is 0 Å². The molecule has 0 bridgehead atoms. The first kappa shape index (κ1) is 14.9. The normalized spacial score (nSPS) is 12.2. The van der Waals surface area contributed by atoms with Crippen LogP contribution in [0.4, 0.5) is 8.78 Å². The lowest BCUT2D eigenvalue weighted by molar-refractivity contribution is 0.172. The summed E-state index contributed by atoms with van der Waals surface area (Å²) in [6, 6.07) is 8.62. The molecule has 0 aliphatic rings. The fourth-order valence-corrected chi connectivity index (χ4v) is 2.33. The smallest absolute Gasteiger partial charge is 0.132 e. The number of hydrogen-bond acceptors (Lipinski definition) is 2. The van der Waals surface area contributed by atoms with Gasteiger partial charge >= 0.3 is 0 Å². The molecule has 2 aromatic carbocycles. The Hall–Kier alpha value is -1.46. The van der Waals surface area contributed by atoms with E-state index in [1.54, 1.807) is 18.2 Å². The van der Waals surface area contributed by atoms with Gasteiger partial charge in [0.05, 0.1) is 13.2 Å². The Morgan fingerprint density at radius 1 is 1.15 bits per heavy atom. The van der Waals surface area contributed by atoms with Crippen LogP contribution in [0, 0.1) is 11.6 Å². The zero-order valence-corrected chi connectivity index (χ0v) is 12.3. The molecule has 0 spiro atoms. The van der Waals surface area contributed by atoms with E-state index in [9.17, 15) is 13.9 Å². The number of ether oxygens (including phenoxy) is 1.